The molecule has 31 heavy (non-hydrogen) atoms. The third-order valence-corrected chi connectivity index (χ3v) is 7.27. The summed E-state index contributed by atoms with van der Waals surface area (Å²) >= 11 is 0. The minimum Gasteiger partial charge on any atom is -0.497 e. The molecule has 10 heteroatoms. The molecule has 1 N–H and O–H groups in total. The molecular weight excluding hydrogens is 420 g/mol. The molecule has 1 amide bonds. The third kappa shape index (κ3) is 3.98. The van der Waals surface area contributed by atoms with Crippen molar-refractivity contribution in [2.75, 3.05) is 31.4 Å². The average Bonchev–Trinajstić information content (AvgIpc) is 3.47. The lowest BCUT2D eigenvalue weighted by Crippen LogP contribution is -2.54. The number of methoxy groups -OCH3 is 1. The van der Waals surface area contributed by atoms with E-state index in [1.165, 1.54) is 23.6 Å². The van der Waals surface area contributed by atoms with Crippen LogP contribution in [0.2, 0.25) is 0 Å². The molecule has 2 aromatic rings. The van der Waals surface area contributed by atoms with Gasteiger partial charge in [-0.1, -0.05) is 17.9 Å². The molecular formula is C21H24N4O5S. The van der Waals surface area contributed by atoms with E-state index in [1.807, 2.05) is 18.2 Å². The van der Waals surface area contributed by atoms with Crippen molar-refractivity contribution in [2.45, 2.75) is 24.3 Å². The summed E-state index contributed by atoms with van der Waals surface area (Å²) in [5.41, 5.74) is 0.842. The van der Waals surface area contributed by atoms with Crippen molar-refractivity contribution in [3.63, 3.8) is 0 Å². The maximum atomic E-state index is 12.8. The SMILES string of the molecule is COc1cccc(C#CCN2c3nc(S(=O)(=O)CC4CC4)n(C)c3C(=O)N(C)C2O)c1. The highest BCUT2D eigenvalue weighted by Gasteiger charge is 2.41. The fraction of sp³-hybridized carbons (Fsp3) is 0.429. The van der Waals surface area contributed by atoms with E-state index in [0.717, 1.165) is 23.3 Å². The monoisotopic (exact) mass is 444 g/mol. The van der Waals surface area contributed by atoms with Crippen LogP contribution in [0.25, 0.3) is 0 Å². The number of imidazole rings is 1. The number of sulfone groups is 1. The summed E-state index contributed by atoms with van der Waals surface area (Å²) in [4.78, 5) is 19.6. The maximum absolute atomic E-state index is 12.8. The summed E-state index contributed by atoms with van der Waals surface area (Å²) in [6.07, 6.45) is 0.458. The fourth-order valence-electron chi connectivity index (χ4n) is 3.53. The van der Waals surface area contributed by atoms with Gasteiger partial charge in [-0.2, -0.15) is 4.98 Å². The molecule has 1 unspecified atom stereocenters. The Morgan fingerprint density at radius 1 is 1.29 bits per heavy atom. The van der Waals surface area contributed by atoms with Gasteiger partial charge in [-0.05, 0) is 37.0 Å². The first-order valence-electron chi connectivity index (χ1n) is 9.87. The highest BCUT2D eigenvalue weighted by molar-refractivity contribution is 7.91. The van der Waals surface area contributed by atoms with Crippen LogP contribution in [0.4, 0.5) is 5.82 Å². The fourth-order valence-corrected chi connectivity index (χ4v) is 5.36. The minimum absolute atomic E-state index is 0.0129. The van der Waals surface area contributed by atoms with E-state index in [0.29, 0.717) is 5.75 Å². The number of carbonyl (C=O) groups is 1. The Labute approximate surface area is 181 Å². The van der Waals surface area contributed by atoms with Gasteiger partial charge in [-0.15, -0.1) is 0 Å². The smallest absolute Gasteiger partial charge is 0.277 e. The second-order valence-corrected chi connectivity index (χ2v) is 9.70. The molecule has 1 saturated carbocycles. The average molecular weight is 445 g/mol. The molecule has 4 rings (SSSR count). The molecule has 0 radical (unpaired) electrons. The quantitative estimate of drug-likeness (QED) is 0.681. The van der Waals surface area contributed by atoms with Crippen molar-refractivity contribution in [2.24, 2.45) is 13.0 Å². The summed E-state index contributed by atoms with van der Waals surface area (Å²) in [5, 5.41) is 10.5. The summed E-state index contributed by atoms with van der Waals surface area (Å²) in [6.45, 7) is 0.0438. The molecule has 1 aromatic heterocycles. The number of aliphatic hydroxyl groups is 1. The lowest BCUT2D eigenvalue weighted by molar-refractivity contribution is 0.0139. The van der Waals surface area contributed by atoms with E-state index in [-0.39, 0.29) is 34.9 Å². The van der Waals surface area contributed by atoms with Gasteiger partial charge >= 0.3 is 0 Å². The van der Waals surface area contributed by atoms with Crippen molar-refractivity contribution < 1.29 is 23.1 Å². The van der Waals surface area contributed by atoms with E-state index in [9.17, 15) is 18.3 Å². The van der Waals surface area contributed by atoms with Crippen LogP contribution < -0.4 is 9.64 Å². The van der Waals surface area contributed by atoms with Crippen LogP contribution in [0, 0.1) is 17.8 Å². The van der Waals surface area contributed by atoms with E-state index in [4.69, 9.17) is 4.74 Å². The maximum Gasteiger partial charge on any atom is 0.277 e. The topological polar surface area (TPSA) is 105 Å². The van der Waals surface area contributed by atoms with Gasteiger partial charge in [-0.3, -0.25) is 9.69 Å². The van der Waals surface area contributed by atoms with Crippen LogP contribution in [0.3, 0.4) is 0 Å². The van der Waals surface area contributed by atoms with E-state index >= 15 is 0 Å². The summed E-state index contributed by atoms with van der Waals surface area (Å²) in [7, 11) is 0.876. The van der Waals surface area contributed by atoms with Gasteiger partial charge in [0.15, 0.2) is 11.5 Å². The summed E-state index contributed by atoms with van der Waals surface area (Å²) < 4.78 is 32.1. The number of carbonyl (C=O) groups excluding carboxylic acids is 1. The zero-order valence-electron chi connectivity index (χ0n) is 17.6. The molecule has 2 heterocycles. The highest BCUT2D eigenvalue weighted by Crippen LogP contribution is 2.35. The van der Waals surface area contributed by atoms with Crippen LogP contribution in [0.1, 0.15) is 28.9 Å². The summed E-state index contributed by atoms with van der Waals surface area (Å²) in [6, 6.07) is 7.24. The van der Waals surface area contributed by atoms with E-state index in [1.54, 1.807) is 13.2 Å². The predicted molar refractivity (Wildman–Crippen MR) is 113 cm³/mol. The number of aromatic nitrogens is 2. The standard InChI is InChI=1S/C21H24N4O5S/c1-23-17-18(22-20(23)31(28,29)13-15-9-10-15)25(21(27)24(2)19(17)26)11-5-7-14-6-4-8-16(12-14)30-3/h4,6,8,12,15,21,27H,9-11,13H2,1-3H3. The van der Waals surface area contributed by atoms with E-state index < -0.39 is 22.1 Å². The third-order valence-electron chi connectivity index (χ3n) is 5.44. The Kier molecular flexibility index (Phi) is 5.41. The number of rotatable bonds is 5. The largest absolute Gasteiger partial charge is 0.497 e. The molecule has 2 aliphatic rings. The van der Waals surface area contributed by atoms with Gasteiger partial charge in [0, 0.05) is 19.7 Å². The molecule has 1 atom stereocenters. The highest BCUT2D eigenvalue weighted by atomic mass is 32.2. The Bertz CT molecular complexity index is 1190. The molecule has 164 valence electrons. The normalized spacial score (nSPS) is 18.5. The van der Waals surface area contributed by atoms with Gasteiger partial charge < -0.3 is 19.3 Å². The Morgan fingerprint density at radius 2 is 2.03 bits per heavy atom. The Balaban J connectivity index is 1.68. The molecule has 1 aliphatic heterocycles. The summed E-state index contributed by atoms with van der Waals surface area (Å²) in [5.74, 6) is 6.41. The second kappa shape index (κ2) is 7.90. The second-order valence-electron chi connectivity index (χ2n) is 7.77. The number of hydrogen-bond donors (Lipinski definition) is 1. The van der Waals surface area contributed by atoms with E-state index in [2.05, 4.69) is 16.8 Å². The number of anilines is 1. The van der Waals surface area contributed by atoms with Gasteiger partial charge in [0.05, 0.1) is 19.4 Å². The van der Waals surface area contributed by atoms with Crippen LogP contribution >= 0.6 is 0 Å². The zero-order valence-corrected chi connectivity index (χ0v) is 18.4. The van der Waals surface area contributed by atoms with Gasteiger partial charge in [0.25, 0.3) is 5.91 Å². The van der Waals surface area contributed by atoms with Crippen LogP contribution in [-0.2, 0) is 16.9 Å². The Morgan fingerprint density at radius 3 is 2.71 bits per heavy atom. The van der Waals surface area contributed by atoms with Crippen molar-refractivity contribution >= 4 is 21.6 Å². The molecule has 0 saturated heterocycles. The number of hydrogen-bond acceptors (Lipinski definition) is 7. The minimum atomic E-state index is -3.65. The molecule has 1 aliphatic carbocycles. The number of fused-ring (bicyclic) bond motifs is 1. The van der Waals surface area contributed by atoms with Crippen molar-refractivity contribution in [1.82, 2.24) is 14.5 Å². The lowest BCUT2D eigenvalue weighted by Gasteiger charge is -2.37. The molecule has 0 bridgehead atoms. The molecule has 9 nitrogen and oxygen atoms in total. The number of nitrogens with zero attached hydrogens (tertiary/aromatic N) is 4. The zero-order chi connectivity index (χ0) is 22.3. The number of aliphatic hydroxyl groups excluding tert-OH is 1. The number of amides is 1. The van der Waals surface area contributed by atoms with Crippen molar-refractivity contribution in [3.8, 4) is 17.6 Å². The first-order valence-corrected chi connectivity index (χ1v) is 11.5. The molecule has 1 fully saturated rings. The number of benzene rings is 1. The first kappa shape index (κ1) is 21.2. The number of ether oxygens (including phenoxy) is 1. The lowest BCUT2D eigenvalue weighted by atomic mass is 10.2. The molecule has 1 aromatic carbocycles. The van der Waals surface area contributed by atoms with Crippen LogP contribution in [0.5, 0.6) is 5.75 Å². The van der Waals surface area contributed by atoms with Gasteiger partial charge in [0.1, 0.15) is 5.75 Å². The van der Waals surface area contributed by atoms with Gasteiger partial charge in [-0.25, -0.2) is 8.42 Å². The first-order chi connectivity index (χ1) is 14.7. The van der Waals surface area contributed by atoms with Crippen molar-refractivity contribution in [1.29, 1.82) is 0 Å². The van der Waals surface area contributed by atoms with Crippen molar-refractivity contribution in [3.05, 3.63) is 35.5 Å². The van der Waals surface area contributed by atoms with Crippen LogP contribution in [-0.4, -0.2) is 66.7 Å². The van der Waals surface area contributed by atoms with Crippen LogP contribution in [0.15, 0.2) is 29.4 Å². The predicted octanol–water partition coefficient (Wildman–Crippen LogP) is 0.832. The van der Waals surface area contributed by atoms with Gasteiger partial charge in [0.2, 0.25) is 21.3 Å². The Hall–Kier alpha value is -3.03. The molecule has 0 spiro atoms.